The first-order valence-electron chi connectivity index (χ1n) is 6.14. The van der Waals surface area contributed by atoms with Gasteiger partial charge in [0, 0.05) is 17.6 Å². The van der Waals surface area contributed by atoms with Gasteiger partial charge in [-0.25, -0.2) is 9.67 Å². The number of aromatic nitrogens is 4. The smallest absolute Gasteiger partial charge is 0.0964 e. The maximum absolute atomic E-state index is 4.23. The van der Waals surface area contributed by atoms with Gasteiger partial charge < -0.3 is 5.32 Å². The van der Waals surface area contributed by atoms with Crippen LogP contribution in [0.4, 0.5) is 0 Å². The molecule has 0 atom stereocenters. The molecule has 0 aliphatic rings. The summed E-state index contributed by atoms with van der Waals surface area (Å²) < 4.78 is 1.86. The van der Waals surface area contributed by atoms with Gasteiger partial charge in [0.05, 0.1) is 23.4 Å². The number of hydrogen-bond acceptors (Lipinski definition) is 5. The molecule has 0 unspecified atom stereocenters. The molecule has 2 heterocycles. The van der Waals surface area contributed by atoms with Crippen molar-refractivity contribution in [2.45, 2.75) is 33.9 Å². The van der Waals surface area contributed by atoms with Crippen LogP contribution in [0.1, 0.15) is 29.4 Å². The van der Waals surface area contributed by atoms with E-state index in [1.807, 2.05) is 24.0 Å². The molecule has 6 heteroatoms. The summed E-state index contributed by atoms with van der Waals surface area (Å²) in [5.41, 5.74) is 0.983. The van der Waals surface area contributed by atoms with E-state index in [9.17, 15) is 0 Å². The molecule has 0 aliphatic carbocycles. The number of hydrogen-bond donors (Lipinski definition) is 1. The predicted octanol–water partition coefficient (Wildman–Crippen LogP) is 1.84. The van der Waals surface area contributed by atoms with Gasteiger partial charge in [0.1, 0.15) is 0 Å². The Labute approximate surface area is 111 Å². The fourth-order valence-corrected chi connectivity index (χ4v) is 2.41. The highest BCUT2D eigenvalue weighted by atomic mass is 32.1. The van der Waals surface area contributed by atoms with Crippen molar-refractivity contribution in [3.05, 3.63) is 28.0 Å². The van der Waals surface area contributed by atoms with Crippen molar-refractivity contribution in [2.75, 3.05) is 6.54 Å². The van der Waals surface area contributed by atoms with Crippen molar-refractivity contribution >= 4 is 11.3 Å². The van der Waals surface area contributed by atoms with Crippen LogP contribution in [-0.2, 0) is 13.1 Å². The first-order chi connectivity index (χ1) is 8.63. The molecule has 2 rings (SSSR count). The Morgan fingerprint density at radius 3 is 2.94 bits per heavy atom. The highest BCUT2D eigenvalue weighted by Gasteiger charge is 2.04. The fourth-order valence-electron chi connectivity index (χ4n) is 1.62. The Hall–Kier alpha value is -1.27. The standard InChI is InChI=1S/C12H19N5S/c1-9(2)4-13-5-11-7-17(16-15-11)8-12-6-14-10(3)18-12/h6-7,9,13H,4-5,8H2,1-3H3. The summed E-state index contributed by atoms with van der Waals surface area (Å²) in [6, 6.07) is 0. The minimum Gasteiger partial charge on any atom is -0.311 e. The monoisotopic (exact) mass is 265 g/mol. The Balaban J connectivity index is 1.86. The van der Waals surface area contributed by atoms with E-state index in [4.69, 9.17) is 0 Å². The van der Waals surface area contributed by atoms with Crippen LogP contribution in [0.15, 0.2) is 12.4 Å². The average molecular weight is 265 g/mol. The molecule has 98 valence electrons. The van der Waals surface area contributed by atoms with Crippen molar-refractivity contribution in [1.82, 2.24) is 25.3 Å². The van der Waals surface area contributed by atoms with Crippen molar-refractivity contribution in [2.24, 2.45) is 5.92 Å². The summed E-state index contributed by atoms with van der Waals surface area (Å²) >= 11 is 1.70. The lowest BCUT2D eigenvalue weighted by molar-refractivity contribution is 0.548. The van der Waals surface area contributed by atoms with Crippen molar-refractivity contribution in [1.29, 1.82) is 0 Å². The molecule has 0 radical (unpaired) electrons. The summed E-state index contributed by atoms with van der Waals surface area (Å²) in [6.07, 6.45) is 3.89. The minimum atomic E-state index is 0.653. The van der Waals surface area contributed by atoms with Gasteiger partial charge in [-0.05, 0) is 19.4 Å². The van der Waals surface area contributed by atoms with Gasteiger partial charge in [0.2, 0.25) is 0 Å². The van der Waals surface area contributed by atoms with Crippen LogP contribution in [0.5, 0.6) is 0 Å². The highest BCUT2D eigenvalue weighted by Crippen LogP contribution is 2.12. The molecule has 2 aromatic rings. The third-order valence-corrected chi connectivity index (χ3v) is 3.33. The minimum absolute atomic E-state index is 0.653. The molecular weight excluding hydrogens is 246 g/mol. The van der Waals surface area contributed by atoms with E-state index in [0.717, 1.165) is 30.3 Å². The van der Waals surface area contributed by atoms with Crippen LogP contribution in [0.25, 0.3) is 0 Å². The van der Waals surface area contributed by atoms with E-state index < -0.39 is 0 Å². The van der Waals surface area contributed by atoms with E-state index in [-0.39, 0.29) is 0 Å². The van der Waals surface area contributed by atoms with Gasteiger partial charge >= 0.3 is 0 Å². The third kappa shape index (κ3) is 3.89. The first-order valence-corrected chi connectivity index (χ1v) is 6.96. The van der Waals surface area contributed by atoms with E-state index in [1.54, 1.807) is 11.3 Å². The second-order valence-corrected chi connectivity index (χ2v) is 6.10. The quantitative estimate of drug-likeness (QED) is 0.866. The summed E-state index contributed by atoms with van der Waals surface area (Å²) in [4.78, 5) is 5.44. The van der Waals surface area contributed by atoms with Crippen molar-refractivity contribution < 1.29 is 0 Å². The molecule has 0 fully saturated rings. The molecule has 0 amide bonds. The van der Waals surface area contributed by atoms with Crippen LogP contribution >= 0.6 is 11.3 Å². The fraction of sp³-hybridized carbons (Fsp3) is 0.583. The molecule has 18 heavy (non-hydrogen) atoms. The number of nitrogens with one attached hydrogen (secondary N) is 1. The molecule has 0 aromatic carbocycles. The third-order valence-electron chi connectivity index (χ3n) is 2.43. The van der Waals surface area contributed by atoms with Gasteiger partial charge in [-0.15, -0.1) is 16.4 Å². The van der Waals surface area contributed by atoms with E-state index in [2.05, 4.69) is 34.5 Å². The van der Waals surface area contributed by atoms with Gasteiger partial charge in [-0.2, -0.15) is 0 Å². The maximum atomic E-state index is 4.23. The summed E-state index contributed by atoms with van der Waals surface area (Å²) in [6.45, 7) is 8.92. The second kappa shape index (κ2) is 6.06. The lowest BCUT2D eigenvalue weighted by Gasteiger charge is -2.04. The summed E-state index contributed by atoms with van der Waals surface area (Å²) in [5.74, 6) is 0.653. The first kappa shape index (κ1) is 13.2. The lowest BCUT2D eigenvalue weighted by atomic mass is 10.2. The Kier molecular flexibility index (Phi) is 4.43. The molecule has 0 spiro atoms. The average Bonchev–Trinajstić information content (AvgIpc) is 2.89. The Morgan fingerprint density at radius 2 is 2.28 bits per heavy atom. The Morgan fingerprint density at radius 1 is 1.44 bits per heavy atom. The van der Waals surface area contributed by atoms with E-state index in [1.165, 1.54) is 4.88 Å². The molecule has 0 saturated heterocycles. The van der Waals surface area contributed by atoms with Crippen LogP contribution < -0.4 is 5.32 Å². The molecule has 0 bridgehead atoms. The van der Waals surface area contributed by atoms with Crippen LogP contribution in [0.3, 0.4) is 0 Å². The summed E-state index contributed by atoms with van der Waals surface area (Å²) in [7, 11) is 0. The normalized spacial score (nSPS) is 11.3. The highest BCUT2D eigenvalue weighted by molar-refractivity contribution is 7.11. The zero-order valence-corrected chi connectivity index (χ0v) is 11.9. The largest absolute Gasteiger partial charge is 0.311 e. The zero-order chi connectivity index (χ0) is 13.0. The molecule has 0 saturated carbocycles. The van der Waals surface area contributed by atoms with Crippen LogP contribution in [0.2, 0.25) is 0 Å². The summed E-state index contributed by atoms with van der Waals surface area (Å²) in [5, 5.41) is 12.7. The van der Waals surface area contributed by atoms with Crippen LogP contribution in [0, 0.1) is 12.8 Å². The van der Waals surface area contributed by atoms with Gasteiger partial charge in [0.15, 0.2) is 0 Å². The second-order valence-electron chi connectivity index (χ2n) is 4.78. The number of aryl methyl sites for hydroxylation is 1. The molecule has 5 nitrogen and oxygen atoms in total. The number of thiazole rings is 1. The van der Waals surface area contributed by atoms with Crippen molar-refractivity contribution in [3.8, 4) is 0 Å². The number of rotatable bonds is 6. The topological polar surface area (TPSA) is 55.6 Å². The molecule has 0 aliphatic heterocycles. The number of nitrogens with zero attached hydrogens (tertiary/aromatic N) is 4. The predicted molar refractivity (Wildman–Crippen MR) is 72.5 cm³/mol. The van der Waals surface area contributed by atoms with E-state index in [0.29, 0.717) is 5.92 Å². The SMILES string of the molecule is Cc1ncc(Cn2cc(CNCC(C)C)nn2)s1. The molecule has 1 N–H and O–H groups in total. The Bertz CT molecular complexity index is 488. The molecular formula is C12H19N5S. The molecule has 2 aromatic heterocycles. The van der Waals surface area contributed by atoms with Gasteiger partial charge in [-0.3, -0.25) is 0 Å². The van der Waals surface area contributed by atoms with Crippen LogP contribution in [-0.4, -0.2) is 26.5 Å². The zero-order valence-electron chi connectivity index (χ0n) is 11.1. The van der Waals surface area contributed by atoms with Gasteiger partial charge in [0.25, 0.3) is 0 Å². The lowest BCUT2D eigenvalue weighted by Crippen LogP contribution is -2.19. The maximum Gasteiger partial charge on any atom is 0.0964 e. The van der Waals surface area contributed by atoms with E-state index >= 15 is 0 Å². The van der Waals surface area contributed by atoms with Crippen molar-refractivity contribution in [3.63, 3.8) is 0 Å². The van der Waals surface area contributed by atoms with Gasteiger partial charge in [-0.1, -0.05) is 19.1 Å².